The van der Waals surface area contributed by atoms with Crippen LogP contribution >= 0.6 is 0 Å². The molecule has 214 valence electrons. The van der Waals surface area contributed by atoms with Crippen molar-refractivity contribution in [3.05, 3.63) is 71.0 Å². The number of phenolic OH excluding ortho intramolecular Hbond substituents is 1. The molecule has 2 atom stereocenters. The van der Waals surface area contributed by atoms with Crippen LogP contribution in [-0.4, -0.2) is 29.8 Å². The summed E-state index contributed by atoms with van der Waals surface area (Å²) in [6.07, 6.45) is 10.6. The molecule has 6 nitrogen and oxygen atoms in total. The Morgan fingerprint density at radius 3 is 2.33 bits per heavy atom. The van der Waals surface area contributed by atoms with Crippen LogP contribution in [0.3, 0.4) is 0 Å². The van der Waals surface area contributed by atoms with Gasteiger partial charge in [-0.15, -0.1) is 6.58 Å². The lowest BCUT2D eigenvalue weighted by Gasteiger charge is -2.33. The molecule has 0 saturated heterocycles. The highest BCUT2D eigenvalue weighted by Crippen LogP contribution is 2.40. The van der Waals surface area contributed by atoms with Gasteiger partial charge in [-0.25, -0.2) is 0 Å². The van der Waals surface area contributed by atoms with E-state index < -0.39 is 5.97 Å². The van der Waals surface area contributed by atoms with Crippen LogP contribution in [0.1, 0.15) is 86.1 Å². The molecule has 2 aliphatic carbocycles. The first-order chi connectivity index (χ1) is 18.5. The summed E-state index contributed by atoms with van der Waals surface area (Å²) in [4.78, 5) is 37.0. The third-order valence-electron chi connectivity index (χ3n) is 6.90. The summed E-state index contributed by atoms with van der Waals surface area (Å²) in [6.45, 7) is 16.4. The Morgan fingerprint density at radius 1 is 1.18 bits per heavy atom. The quantitative estimate of drug-likeness (QED) is 0.159. The van der Waals surface area contributed by atoms with Gasteiger partial charge in [0.15, 0.2) is 11.5 Å². The van der Waals surface area contributed by atoms with E-state index in [0.717, 1.165) is 31.2 Å². The fourth-order valence-corrected chi connectivity index (χ4v) is 4.84. The molecule has 0 heterocycles. The first-order valence-electron chi connectivity index (χ1n) is 13.8. The monoisotopic (exact) mass is 538 g/mol. The Labute approximate surface area is 234 Å². The van der Waals surface area contributed by atoms with Gasteiger partial charge in [0.25, 0.3) is 0 Å². The summed E-state index contributed by atoms with van der Waals surface area (Å²) in [6, 6.07) is 4.91. The molecular formula is C33H46O6. The number of aromatic hydroxyl groups is 1. The number of methoxy groups -OCH3 is 1. The summed E-state index contributed by atoms with van der Waals surface area (Å²) < 4.78 is 10.4. The normalized spacial score (nSPS) is 20.5. The molecule has 0 aliphatic heterocycles. The van der Waals surface area contributed by atoms with Crippen molar-refractivity contribution >= 4 is 17.5 Å². The number of allylic oxidation sites excluding steroid dienone is 6. The number of Topliss-reactive ketones (excluding diaryl/α,β-unsaturated/α-hetero) is 2. The summed E-state index contributed by atoms with van der Waals surface area (Å²) in [5, 5.41) is 9.96. The zero-order valence-corrected chi connectivity index (χ0v) is 25.0. The third-order valence-corrected chi connectivity index (χ3v) is 6.90. The highest BCUT2D eigenvalue weighted by molar-refractivity contribution is 6.24. The minimum atomic E-state index is -0.424. The van der Waals surface area contributed by atoms with Crippen LogP contribution in [0.5, 0.6) is 11.5 Å². The van der Waals surface area contributed by atoms with Crippen LogP contribution in [0.25, 0.3) is 0 Å². The Morgan fingerprint density at radius 2 is 1.82 bits per heavy atom. The molecule has 3 rings (SSSR count). The maximum Gasteiger partial charge on any atom is 0.308 e. The van der Waals surface area contributed by atoms with Gasteiger partial charge in [-0.2, -0.15) is 0 Å². The average molecular weight is 539 g/mol. The standard InChI is InChI=1S/C28H34O6.C3H6.C2H6/c1-6-23-25(31)17(2)24(26(32)27(23)33-5)15-19-7-10-28(4,11-8-19)12-9-20-13-21(30)16-22(14-20)34-18(3)29;1-3-2;1-2/h7,10,13-14,16,19,30H,6,8-9,11-12,15H2,1-5H3;3H,1H2,2H3;1-2H3. The van der Waals surface area contributed by atoms with Crippen molar-refractivity contribution in [2.45, 2.75) is 87.0 Å². The fraction of sp³-hybridized carbons (Fsp3) is 0.485. The van der Waals surface area contributed by atoms with Gasteiger partial charge < -0.3 is 14.6 Å². The third kappa shape index (κ3) is 9.38. The molecule has 1 aromatic carbocycles. The predicted octanol–water partition coefficient (Wildman–Crippen LogP) is 7.61. The SMILES string of the molecule is C=CC.CC.CCC1=C(OC)C(=O)C(CC2C=CC(C)(CCc3cc(O)cc(OC(C)=O)c3)CC2)=C(C)C1=O. The van der Waals surface area contributed by atoms with E-state index in [1.54, 1.807) is 25.1 Å². The zero-order valence-electron chi connectivity index (χ0n) is 25.0. The molecule has 2 aliphatic rings. The lowest BCUT2D eigenvalue weighted by Crippen LogP contribution is -2.26. The van der Waals surface area contributed by atoms with Crippen LogP contribution < -0.4 is 4.74 Å². The number of benzene rings is 1. The Bertz CT molecular complexity index is 1140. The number of hydrogen-bond donors (Lipinski definition) is 1. The van der Waals surface area contributed by atoms with E-state index >= 15 is 0 Å². The van der Waals surface area contributed by atoms with Crippen LogP contribution in [0.15, 0.2) is 65.5 Å². The summed E-state index contributed by atoms with van der Waals surface area (Å²) in [7, 11) is 1.45. The molecule has 0 radical (unpaired) electrons. The van der Waals surface area contributed by atoms with Gasteiger partial charge in [-0.05, 0) is 81.4 Å². The summed E-state index contributed by atoms with van der Waals surface area (Å²) >= 11 is 0. The van der Waals surface area contributed by atoms with Gasteiger partial charge in [0.2, 0.25) is 5.78 Å². The van der Waals surface area contributed by atoms with E-state index in [2.05, 4.69) is 25.7 Å². The predicted molar refractivity (Wildman–Crippen MR) is 157 cm³/mol. The second-order valence-corrected chi connectivity index (χ2v) is 9.98. The molecule has 2 unspecified atom stereocenters. The molecule has 39 heavy (non-hydrogen) atoms. The topological polar surface area (TPSA) is 89.9 Å². The Hall–Kier alpha value is -3.41. The molecule has 6 heteroatoms. The minimum Gasteiger partial charge on any atom is -0.508 e. The number of hydrogen-bond acceptors (Lipinski definition) is 6. The fourth-order valence-electron chi connectivity index (χ4n) is 4.84. The lowest BCUT2D eigenvalue weighted by atomic mass is 9.72. The summed E-state index contributed by atoms with van der Waals surface area (Å²) in [5.74, 6) is 0.127. The highest BCUT2D eigenvalue weighted by Gasteiger charge is 2.34. The van der Waals surface area contributed by atoms with Crippen LogP contribution in [-0.2, 0) is 25.5 Å². The molecule has 0 bridgehead atoms. The van der Waals surface area contributed by atoms with Gasteiger partial charge in [-0.3, -0.25) is 14.4 Å². The van der Waals surface area contributed by atoms with E-state index in [9.17, 15) is 19.5 Å². The first-order valence-corrected chi connectivity index (χ1v) is 13.8. The molecule has 0 aromatic heterocycles. The van der Waals surface area contributed by atoms with E-state index in [4.69, 9.17) is 9.47 Å². The molecule has 0 fully saturated rings. The molecule has 0 saturated carbocycles. The van der Waals surface area contributed by atoms with Crippen LogP contribution in [0, 0.1) is 11.3 Å². The van der Waals surface area contributed by atoms with Crippen LogP contribution in [0.4, 0.5) is 0 Å². The number of carbonyl (C=O) groups excluding carboxylic acids is 3. The number of carbonyl (C=O) groups is 3. The van der Waals surface area contributed by atoms with E-state index in [0.29, 0.717) is 35.3 Å². The van der Waals surface area contributed by atoms with E-state index in [1.165, 1.54) is 20.1 Å². The van der Waals surface area contributed by atoms with Crippen molar-refractivity contribution in [2.75, 3.05) is 7.11 Å². The Kier molecular flexibility index (Phi) is 13.7. The van der Waals surface area contributed by atoms with Gasteiger partial charge in [-0.1, -0.05) is 45.9 Å². The highest BCUT2D eigenvalue weighted by atomic mass is 16.5. The molecular weight excluding hydrogens is 492 g/mol. The van der Waals surface area contributed by atoms with Crippen molar-refractivity contribution in [1.29, 1.82) is 0 Å². The van der Waals surface area contributed by atoms with Gasteiger partial charge in [0, 0.05) is 29.7 Å². The Balaban J connectivity index is 0.00000142. The number of ketones is 2. The lowest BCUT2D eigenvalue weighted by molar-refractivity contribution is -0.131. The smallest absolute Gasteiger partial charge is 0.308 e. The molecule has 1 aromatic rings. The van der Waals surface area contributed by atoms with Crippen LogP contribution in [0.2, 0.25) is 0 Å². The molecule has 1 N–H and O–H groups in total. The van der Waals surface area contributed by atoms with Gasteiger partial charge in [0.1, 0.15) is 11.5 Å². The first kappa shape index (κ1) is 33.6. The maximum atomic E-state index is 13.0. The second kappa shape index (κ2) is 15.9. The van der Waals surface area contributed by atoms with Crippen molar-refractivity contribution in [3.63, 3.8) is 0 Å². The van der Waals surface area contributed by atoms with Crippen molar-refractivity contribution in [1.82, 2.24) is 0 Å². The zero-order chi connectivity index (χ0) is 29.8. The van der Waals surface area contributed by atoms with Crippen molar-refractivity contribution in [3.8, 4) is 11.5 Å². The average Bonchev–Trinajstić information content (AvgIpc) is 2.89. The maximum absolute atomic E-state index is 13.0. The van der Waals surface area contributed by atoms with E-state index in [1.807, 2.05) is 27.7 Å². The number of aryl methyl sites for hydroxylation is 1. The number of ether oxygens (including phenoxy) is 2. The van der Waals surface area contributed by atoms with E-state index in [-0.39, 0.29) is 34.4 Å². The minimum absolute atomic E-state index is 0.0215. The number of rotatable bonds is 8. The van der Waals surface area contributed by atoms with Crippen molar-refractivity contribution < 1.29 is 29.0 Å². The number of phenols is 1. The second-order valence-electron chi connectivity index (χ2n) is 9.98. The van der Waals surface area contributed by atoms with Crippen molar-refractivity contribution in [2.24, 2.45) is 11.3 Å². The van der Waals surface area contributed by atoms with Gasteiger partial charge >= 0.3 is 5.97 Å². The number of esters is 1. The molecule has 0 spiro atoms. The van der Waals surface area contributed by atoms with Gasteiger partial charge in [0.05, 0.1) is 7.11 Å². The molecule has 0 amide bonds. The largest absolute Gasteiger partial charge is 0.508 e. The summed E-state index contributed by atoms with van der Waals surface area (Å²) in [5.41, 5.74) is 2.45.